The van der Waals surface area contributed by atoms with Crippen molar-refractivity contribution >= 4 is 9.84 Å². The SMILES string of the molecule is O=S1(=O)CCC(c2ccc3c(c2)COC2(CCN(C4CCC4)CC2)O3)C1. The van der Waals surface area contributed by atoms with E-state index in [0.29, 0.717) is 12.4 Å². The molecule has 4 aliphatic rings. The molecule has 1 aromatic rings. The second-order valence-electron chi connectivity index (χ2n) is 8.39. The Balaban J connectivity index is 1.28. The van der Waals surface area contributed by atoms with Crippen LogP contribution < -0.4 is 4.74 Å². The summed E-state index contributed by atoms with van der Waals surface area (Å²) in [5.41, 5.74) is 2.16. The predicted molar refractivity (Wildman–Crippen MR) is 99.0 cm³/mol. The number of sulfone groups is 1. The second-order valence-corrected chi connectivity index (χ2v) is 10.6. The fourth-order valence-electron chi connectivity index (χ4n) is 4.79. The zero-order valence-corrected chi connectivity index (χ0v) is 16.0. The molecule has 0 N–H and O–H groups in total. The minimum absolute atomic E-state index is 0.118. The van der Waals surface area contributed by atoms with Crippen molar-refractivity contribution in [3.63, 3.8) is 0 Å². The topological polar surface area (TPSA) is 55.8 Å². The van der Waals surface area contributed by atoms with E-state index in [9.17, 15) is 8.42 Å². The van der Waals surface area contributed by atoms with Crippen molar-refractivity contribution in [2.24, 2.45) is 0 Å². The molecule has 1 unspecified atom stereocenters. The molecule has 1 aromatic carbocycles. The second kappa shape index (κ2) is 6.21. The number of likely N-dealkylation sites (tertiary alicyclic amines) is 1. The zero-order chi connectivity index (χ0) is 17.8. The van der Waals surface area contributed by atoms with Crippen LogP contribution in [0.15, 0.2) is 18.2 Å². The number of hydrogen-bond acceptors (Lipinski definition) is 5. The highest BCUT2D eigenvalue weighted by molar-refractivity contribution is 7.91. The van der Waals surface area contributed by atoms with Crippen LogP contribution in [-0.2, 0) is 21.2 Å². The van der Waals surface area contributed by atoms with Crippen LogP contribution in [0, 0.1) is 0 Å². The number of nitrogens with zero attached hydrogens (tertiary/aromatic N) is 1. The van der Waals surface area contributed by atoms with E-state index in [1.54, 1.807) is 0 Å². The molecule has 1 aliphatic carbocycles. The highest BCUT2D eigenvalue weighted by Gasteiger charge is 2.43. The molecule has 6 heteroatoms. The Morgan fingerprint density at radius 2 is 1.92 bits per heavy atom. The molecule has 26 heavy (non-hydrogen) atoms. The highest BCUT2D eigenvalue weighted by Crippen LogP contribution is 2.41. The fraction of sp³-hybridized carbons (Fsp3) is 0.700. The van der Waals surface area contributed by atoms with Crippen molar-refractivity contribution in [2.75, 3.05) is 24.6 Å². The minimum Gasteiger partial charge on any atom is -0.462 e. The van der Waals surface area contributed by atoms with Crippen molar-refractivity contribution in [1.82, 2.24) is 4.90 Å². The van der Waals surface area contributed by atoms with Crippen LogP contribution in [0.3, 0.4) is 0 Å². The van der Waals surface area contributed by atoms with Gasteiger partial charge in [0.2, 0.25) is 5.79 Å². The molecule has 3 fully saturated rings. The quantitative estimate of drug-likeness (QED) is 0.793. The first-order chi connectivity index (χ1) is 12.5. The van der Waals surface area contributed by atoms with Gasteiger partial charge in [-0.1, -0.05) is 12.5 Å². The molecule has 0 amide bonds. The summed E-state index contributed by atoms with van der Waals surface area (Å²) in [6.07, 6.45) is 6.63. The lowest BCUT2D eigenvalue weighted by molar-refractivity contribution is -0.231. The Morgan fingerprint density at radius 1 is 1.12 bits per heavy atom. The Kier molecular flexibility index (Phi) is 4.07. The van der Waals surface area contributed by atoms with Crippen molar-refractivity contribution < 1.29 is 17.9 Å². The normalized spacial score (nSPS) is 30.5. The van der Waals surface area contributed by atoms with E-state index in [1.165, 1.54) is 19.3 Å². The first-order valence-electron chi connectivity index (χ1n) is 9.92. The Labute approximate surface area is 155 Å². The smallest absolute Gasteiger partial charge is 0.213 e. The summed E-state index contributed by atoms with van der Waals surface area (Å²) >= 11 is 0. The van der Waals surface area contributed by atoms with Crippen LogP contribution in [0.2, 0.25) is 0 Å². The molecule has 3 heterocycles. The molecule has 142 valence electrons. The third-order valence-electron chi connectivity index (χ3n) is 6.73. The maximum Gasteiger partial charge on any atom is 0.213 e. The van der Waals surface area contributed by atoms with Gasteiger partial charge in [0.1, 0.15) is 5.75 Å². The van der Waals surface area contributed by atoms with Crippen LogP contribution >= 0.6 is 0 Å². The molecule has 5 rings (SSSR count). The van der Waals surface area contributed by atoms with Crippen LogP contribution in [-0.4, -0.2) is 49.7 Å². The molecule has 3 aliphatic heterocycles. The molecule has 5 nitrogen and oxygen atoms in total. The first kappa shape index (κ1) is 17.0. The van der Waals surface area contributed by atoms with Gasteiger partial charge in [0.25, 0.3) is 0 Å². The lowest BCUT2D eigenvalue weighted by Gasteiger charge is -2.47. The maximum absolute atomic E-state index is 11.8. The molecule has 0 radical (unpaired) electrons. The van der Waals surface area contributed by atoms with Gasteiger partial charge in [-0.3, -0.25) is 4.90 Å². The fourth-order valence-corrected chi connectivity index (χ4v) is 6.57. The van der Waals surface area contributed by atoms with Crippen molar-refractivity contribution in [1.29, 1.82) is 0 Å². The Hall–Kier alpha value is -1.11. The lowest BCUT2D eigenvalue weighted by Crippen LogP contribution is -2.54. The number of hydrogen-bond donors (Lipinski definition) is 0. The van der Waals surface area contributed by atoms with Gasteiger partial charge in [0.05, 0.1) is 18.1 Å². The molecule has 1 spiro atoms. The number of piperidine rings is 1. The van der Waals surface area contributed by atoms with Gasteiger partial charge in [-0.15, -0.1) is 0 Å². The summed E-state index contributed by atoms with van der Waals surface area (Å²) in [5, 5.41) is 0. The summed E-state index contributed by atoms with van der Waals surface area (Å²) in [6.45, 7) is 2.67. The number of rotatable bonds is 2. The van der Waals surface area contributed by atoms with Crippen molar-refractivity contribution in [3.05, 3.63) is 29.3 Å². The summed E-state index contributed by atoms with van der Waals surface area (Å²) in [7, 11) is -2.86. The standard InChI is InChI=1S/C20H27NO4S/c22-26(23)11-6-16(14-26)15-4-5-19-17(12-15)13-24-20(25-19)7-9-21(10-8-20)18-2-1-3-18/h4-5,12,16,18H,1-3,6-11,13-14H2. The molecule has 1 saturated carbocycles. The number of benzene rings is 1. The van der Waals surface area contributed by atoms with E-state index in [0.717, 1.165) is 55.3 Å². The van der Waals surface area contributed by atoms with Crippen LogP contribution in [0.1, 0.15) is 55.6 Å². The number of ether oxygens (including phenoxy) is 2. The molecule has 1 atom stereocenters. The number of fused-ring (bicyclic) bond motifs is 1. The van der Waals surface area contributed by atoms with Crippen LogP contribution in [0.4, 0.5) is 0 Å². The molecule has 0 aromatic heterocycles. The third kappa shape index (κ3) is 3.06. The van der Waals surface area contributed by atoms with Crippen molar-refractivity contribution in [3.8, 4) is 5.75 Å². The predicted octanol–water partition coefficient (Wildman–Crippen LogP) is 2.84. The van der Waals surface area contributed by atoms with Gasteiger partial charge in [0, 0.05) is 37.5 Å². The monoisotopic (exact) mass is 377 g/mol. The summed E-state index contributed by atoms with van der Waals surface area (Å²) in [6, 6.07) is 6.95. The first-order valence-corrected chi connectivity index (χ1v) is 11.7. The zero-order valence-electron chi connectivity index (χ0n) is 15.2. The van der Waals surface area contributed by atoms with Gasteiger partial charge >= 0.3 is 0 Å². The average molecular weight is 378 g/mol. The molecular weight excluding hydrogens is 350 g/mol. The molecule has 2 saturated heterocycles. The van der Waals surface area contributed by atoms with Crippen LogP contribution in [0.5, 0.6) is 5.75 Å². The molecular formula is C20H27NO4S. The third-order valence-corrected chi connectivity index (χ3v) is 8.49. The van der Waals surface area contributed by atoms with Gasteiger partial charge in [-0.05, 0) is 42.9 Å². The van der Waals surface area contributed by atoms with E-state index >= 15 is 0 Å². The summed E-state index contributed by atoms with van der Waals surface area (Å²) < 4.78 is 36.0. The van der Waals surface area contributed by atoms with Gasteiger partial charge in [0.15, 0.2) is 9.84 Å². The van der Waals surface area contributed by atoms with E-state index < -0.39 is 15.6 Å². The minimum atomic E-state index is -2.86. The Morgan fingerprint density at radius 3 is 2.58 bits per heavy atom. The largest absolute Gasteiger partial charge is 0.462 e. The van der Waals surface area contributed by atoms with Crippen LogP contribution in [0.25, 0.3) is 0 Å². The molecule has 0 bridgehead atoms. The summed E-state index contributed by atoms with van der Waals surface area (Å²) in [4.78, 5) is 2.60. The van der Waals surface area contributed by atoms with Gasteiger partial charge < -0.3 is 9.47 Å². The van der Waals surface area contributed by atoms with E-state index in [2.05, 4.69) is 11.0 Å². The van der Waals surface area contributed by atoms with Gasteiger partial charge in [-0.25, -0.2) is 8.42 Å². The summed E-state index contributed by atoms with van der Waals surface area (Å²) in [5.74, 6) is 1.15. The lowest BCUT2D eigenvalue weighted by atomic mass is 9.89. The van der Waals surface area contributed by atoms with E-state index in [1.807, 2.05) is 12.1 Å². The Bertz CT molecular complexity index is 794. The van der Waals surface area contributed by atoms with Gasteiger partial charge in [-0.2, -0.15) is 0 Å². The average Bonchev–Trinajstić information content (AvgIpc) is 2.95. The maximum atomic E-state index is 11.8. The highest BCUT2D eigenvalue weighted by atomic mass is 32.2. The van der Waals surface area contributed by atoms with Crippen molar-refractivity contribution in [2.45, 2.75) is 62.9 Å². The van der Waals surface area contributed by atoms with E-state index in [-0.39, 0.29) is 11.7 Å². The van der Waals surface area contributed by atoms with E-state index in [4.69, 9.17) is 9.47 Å².